The van der Waals surface area contributed by atoms with Crippen LogP contribution in [0.3, 0.4) is 0 Å². The number of carbonyl (C=O) groups is 1. The summed E-state index contributed by atoms with van der Waals surface area (Å²) >= 11 is 1.39. The second-order valence-electron chi connectivity index (χ2n) is 5.27. The molecule has 2 aromatic heterocycles. The van der Waals surface area contributed by atoms with Gasteiger partial charge in [0, 0.05) is 24.3 Å². The molecule has 0 radical (unpaired) electrons. The average molecular weight is 308 g/mol. The number of hydrogen-bond acceptors (Lipinski definition) is 6. The van der Waals surface area contributed by atoms with Gasteiger partial charge < -0.3 is 5.11 Å². The third kappa shape index (κ3) is 3.27. The summed E-state index contributed by atoms with van der Waals surface area (Å²) in [4.78, 5) is 29.6. The van der Waals surface area contributed by atoms with E-state index in [1.807, 2.05) is 0 Å². The smallest absolute Gasteiger partial charge is 0.304 e. The Morgan fingerprint density at radius 1 is 1.57 bits per heavy atom. The molecule has 112 valence electrons. The molecule has 21 heavy (non-hydrogen) atoms. The molecule has 1 N–H and O–H groups in total. The summed E-state index contributed by atoms with van der Waals surface area (Å²) < 4.78 is 1.31. The van der Waals surface area contributed by atoms with Gasteiger partial charge in [0.05, 0.1) is 13.0 Å². The first-order valence-corrected chi connectivity index (χ1v) is 7.67. The van der Waals surface area contributed by atoms with E-state index >= 15 is 0 Å². The lowest BCUT2D eigenvalue weighted by Gasteiger charge is -2.19. The van der Waals surface area contributed by atoms with Crippen LogP contribution >= 0.6 is 11.3 Å². The summed E-state index contributed by atoms with van der Waals surface area (Å²) in [6.07, 6.45) is 2.32. The first-order chi connectivity index (χ1) is 10.0. The lowest BCUT2D eigenvalue weighted by Crippen LogP contribution is -2.28. The largest absolute Gasteiger partial charge is 0.481 e. The number of carboxylic acid groups (broad SMARTS) is 1. The molecule has 0 amide bonds. The fraction of sp³-hybridized carbons (Fsp3) is 0.538. The molecule has 0 aliphatic heterocycles. The van der Waals surface area contributed by atoms with Gasteiger partial charge in [0.25, 0.3) is 5.56 Å². The second kappa shape index (κ2) is 5.53. The van der Waals surface area contributed by atoms with Gasteiger partial charge in [0.15, 0.2) is 0 Å². The van der Waals surface area contributed by atoms with E-state index in [4.69, 9.17) is 5.11 Å². The van der Waals surface area contributed by atoms with Crippen molar-refractivity contribution in [3.05, 3.63) is 27.1 Å². The minimum Gasteiger partial charge on any atom is -0.481 e. The van der Waals surface area contributed by atoms with Gasteiger partial charge in [0.1, 0.15) is 5.01 Å². The second-order valence-corrected chi connectivity index (χ2v) is 6.31. The molecule has 1 aliphatic rings. The molecule has 3 rings (SSSR count). The van der Waals surface area contributed by atoms with E-state index in [1.54, 1.807) is 6.92 Å². The lowest BCUT2D eigenvalue weighted by molar-refractivity contribution is -0.137. The van der Waals surface area contributed by atoms with Crippen LogP contribution in [-0.2, 0) is 11.3 Å². The van der Waals surface area contributed by atoms with Crippen LogP contribution < -0.4 is 5.56 Å². The van der Waals surface area contributed by atoms with Crippen LogP contribution in [0.15, 0.2) is 10.9 Å². The zero-order chi connectivity index (χ0) is 15.0. The summed E-state index contributed by atoms with van der Waals surface area (Å²) in [6, 6.07) is 1.90. The molecule has 8 heteroatoms. The molecule has 1 saturated carbocycles. The van der Waals surface area contributed by atoms with E-state index in [1.165, 1.54) is 21.9 Å². The molecule has 7 nitrogen and oxygen atoms in total. The van der Waals surface area contributed by atoms with E-state index in [2.05, 4.69) is 15.0 Å². The van der Waals surface area contributed by atoms with Crippen molar-refractivity contribution < 1.29 is 9.90 Å². The standard InChI is InChI=1S/C13H16N4O3S/c1-8-6-11(18)17-13(14-8)21-10(15-17)7-16(9-2-3-9)5-4-12(19)20/h6,9H,2-5,7H2,1H3,(H,19,20). The fourth-order valence-electron chi connectivity index (χ4n) is 2.27. The maximum absolute atomic E-state index is 11.8. The predicted molar refractivity (Wildman–Crippen MR) is 77.6 cm³/mol. The van der Waals surface area contributed by atoms with Gasteiger partial charge >= 0.3 is 5.97 Å². The number of aliphatic carboxylic acids is 1. The Morgan fingerprint density at radius 2 is 2.33 bits per heavy atom. The van der Waals surface area contributed by atoms with Crippen molar-refractivity contribution in [2.24, 2.45) is 0 Å². The van der Waals surface area contributed by atoms with Crippen LogP contribution in [0, 0.1) is 6.92 Å². The highest BCUT2D eigenvalue weighted by Crippen LogP contribution is 2.29. The molecular weight excluding hydrogens is 292 g/mol. The van der Waals surface area contributed by atoms with Gasteiger partial charge in [-0.1, -0.05) is 11.3 Å². The normalized spacial score (nSPS) is 15.0. The van der Waals surface area contributed by atoms with Gasteiger partial charge in [-0.05, 0) is 19.8 Å². The first-order valence-electron chi connectivity index (χ1n) is 6.85. The topological polar surface area (TPSA) is 87.8 Å². The quantitative estimate of drug-likeness (QED) is 0.853. The van der Waals surface area contributed by atoms with E-state index < -0.39 is 5.97 Å². The van der Waals surface area contributed by atoms with E-state index in [0.29, 0.717) is 29.8 Å². The Hall–Kier alpha value is -1.80. The molecule has 2 heterocycles. The zero-order valence-corrected chi connectivity index (χ0v) is 12.5. The number of hydrogen-bond donors (Lipinski definition) is 1. The van der Waals surface area contributed by atoms with Gasteiger partial charge in [-0.15, -0.1) is 0 Å². The highest BCUT2D eigenvalue weighted by Gasteiger charge is 2.29. The number of aromatic nitrogens is 3. The molecule has 0 spiro atoms. The number of rotatable bonds is 6. The molecule has 0 atom stereocenters. The van der Waals surface area contributed by atoms with Crippen LogP contribution in [0.5, 0.6) is 0 Å². The van der Waals surface area contributed by atoms with Gasteiger partial charge in [-0.3, -0.25) is 14.5 Å². The van der Waals surface area contributed by atoms with Crippen molar-refractivity contribution in [3.63, 3.8) is 0 Å². The van der Waals surface area contributed by atoms with Crippen molar-refractivity contribution >= 4 is 22.3 Å². The summed E-state index contributed by atoms with van der Waals surface area (Å²) in [7, 11) is 0. The Labute approximate surface area is 124 Å². The van der Waals surface area contributed by atoms with Crippen LogP contribution in [0.4, 0.5) is 0 Å². The van der Waals surface area contributed by atoms with Crippen molar-refractivity contribution in [1.82, 2.24) is 19.5 Å². The molecule has 0 saturated heterocycles. The van der Waals surface area contributed by atoms with Crippen LogP contribution in [0.2, 0.25) is 0 Å². The van der Waals surface area contributed by atoms with Crippen LogP contribution in [0.1, 0.15) is 30.0 Å². The Bertz CT molecular complexity index is 735. The molecule has 0 bridgehead atoms. The van der Waals surface area contributed by atoms with Crippen molar-refractivity contribution in [2.45, 2.75) is 38.8 Å². The number of carboxylic acids is 1. The highest BCUT2D eigenvalue weighted by atomic mass is 32.1. The number of aryl methyl sites for hydroxylation is 1. The van der Waals surface area contributed by atoms with E-state index in [0.717, 1.165) is 17.8 Å². The third-order valence-corrected chi connectivity index (χ3v) is 4.32. The maximum Gasteiger partial charge on any atom is 0.304 e. The Kier molecular flexibility index (Phi) is 3.73. The summed E-state index contributed by atoms with van der Waals surface area (Å²) in [5.74, 6) is -0.793. The fourth-order valence-corrected chi connectivity index (χ4v) is 3.24. The summed E-state index contributed by atoms with van der Waals surface area (Å²) in [5, 5.41) is 13.9. The van der Waals surface area contributed by atoms with Crippen LogP contribution in [0.25, 0.3) is 4.96 Å². The Morgan fingerprint density at radius 3 is 3.00 bits per heavy atom. The van der Waals surface area contributed by atoms with E-state index in [-0.39, 0.29) is 12.0 Å². The minimum absolute atomic E-state index is 0.124. The van der Waals surface area contributed by atoms with Crippen LogP contribution in [-0.4, -0.2) is 43.2 Å². The lowest BCUT2D eigenvalue weighted by atomic mass is 10.3. The van der Waals surface area contributed by atoms with Crippen molar-refractivity contribution in [3.8, 4) is 0 Å². The minimum atomic E-state index is -0.793. The van der Waals surface area contributed by atoms with Gasteiger partial charge in [-0.25, -0.2) is 4.98 Å². The third-order valence-electron chi connectivity index (χ3n) is 3.43. The SMILES string of the molecule is Cc1cc(=O)n2nc(CN(CCC(=O)O)C3CC3)sc2n1. The van der Waals surface area contributed by atoms with Crippen molar-refractivity contribution in [1.29, 1.82) is 0 Å². The first kappa shape index (κ1) is 14.2. The predicted octanol–water partition coefficient (Wildman–Crippen LogP) is 0.899. The number of fused-ring (bicyclic) bond motifs is 1. The number of nitrogens with zero attached hydrogens (tertiary/aromatic N) is 4. The maximum atomic E-state index is 11.8. The molecule has 0 unspecified atom stereocenters. The molecule has 0 aromatic carbocycles. The van der Waals surface area contributed by atoms with E-state index in [9.17, 15) is 9.59 Å². The molecular formula is C13H16N4O3S. The average Bonchev–Trinajstić information content (AvgIpc) is 3.15. The molecule has 1 aliphatic carbocycles. The highest BCUT2D eigenvalue weighted by molar-refractivity contribution is 7.16. The monoisotopic (exact) mass is 308 g/mol. The summed E-state index contributed by atoms with van der Waals surface area (Å²) in [6.45, 7) is 2.87. The summed E-state index contributed by atoms with van der Waals surface area (Å²) in [5.41, 5.74) is 0.503. The van der Waals surface area contributed by atoms with Gasteiger partial charge in [-0.2, -0.15) is 9.61 Å². The molecule has 1 fully saturated rings. The Balaban J connectivity index is 1.81. The molecule has 2 aromatic rings. The van der Waals surface area contributed by atoms with Gasteiger partial charge in [0.2, 0.25) is 4.96 Å². The zero-order valence-electron chi connectivity index (χ0n) is 11.7. The van der Waals surface area contributed by atoms with Crippen molar-refractivity contribution in [2.75, 3.05) is 6.54 Å².